The van der Waals surface area contributed by atoms with Gasteiger partial charge in [0.25, 0.3) is 0 Å². The minimum atomic E-state index is -0.563. The molecule has 88 valence electrons. The summed E-state index contributed by atoms with van der Waals surface area (Å²) in [6, 6.07) is -0.563. The van der Waals surface area contributed by atoms with Gasteiger partial charge in [0.1, 0.15) is 5.60 Å². The lowest BCUT2D eigenvalue weighted by atomic mass is 10.2. The maximum Gasteiger partial charge on any atom is 0.407 e. The lowest BCUT2D eigenvalue weighted by Crippen LogP contribution is -2.35. The van der Waals surface area contributed by atoms with Crippen LogP contribution in [0.25, 0.3) is 0 Å². The van der Waals surface area contributed by atoms with Crippen molar-refractivity contribution in [3.8, 4) is 0 Å². The highest BCUT2D eigenvalue weighted by Gasteiger charge is 2.15. The molecule has 0 aliphatic rings. The Morgan fingerprint density at radius 2 is 1.73 bits per heavy atom. The molecule has 0 heterocycles. The van der Waals surface area contributed by atoms with Crippen LogP contribution in [0.5, 0.6) is 0 Å². The highest BCUT2D eigenvalue weighted by atomic mass is 16.6. The molecular formula is C9H19N3O3. The molecule has 0 spiro atoms. The molecular weight excluding hydrogens is 198 g/mol. The minimum Gasteiger partial charge on any atom is -0.444 e. The topological polar surface area (TPSA) is 93.4 Å². The fourth-order valence-electron chi connectivity index (χ4n) is 0.805. The average Bonchev–Trinajstić information content (AvgIpc) is 1.99. The minimum absolute atomic E-state index is 0.436. The molecule has 0 aromatic rings. The van der Waals surface area contributed by atoms with Gasteiger partial charge in [0.15, 0.2) is 0 Å². The van der Waals surface area contributed by atoms with Crippen LogP contribution in [0.15, 0.2) is 0 Å². The maximum atomic E-state index is 11.1. The van der Waals surface area contributed by atoms with E-state index in [2.05, 4.69) is 10.6 Å². The standard InChI is InChI=1S/C9H19N3O3/c1-9(2,3)15-8(14)12-6-4-5-11-7(10)13/h4-6H2,1-3H3,(H,12,14)(H3,10,11,13). The number of carbonyl (C=O) groups is 2. The first-order valence-electron chi connectivity index (χ1n) is 4.81. The quantitative estimate of drug-likeness (QED) is 0.601. The van der Waals surface area contributed by atoms with Gasteiger partial charge in [0.2, 0.25) is 0 Å². The van der Waals surface area contributed by atoms with Gasteiger partial charge < -0.3 is 21.1 Å². The molecule has 0 atom stereocenters. The Bertz CT molecular complexity index is 223. The highest BCUT2D eigenvalue weighted by Crippen LogP contribution is 2.06. The SMILES string of the molecule is CC(C)(C)OC(=O)NCCCNC(N)=O. The van der Waals surface area contributed by atoms with Crippen LogP contribution in [0, 0.1) is 0 Å². The normalized spacial score (nSPS) is 10.6. The summed E-state index contributed by atoms with van der Waals surface area (Å²) in [5, 5.41) is 4.97. The van der Waals surface area contributed by atoms with Crippen LogP contribution in [0.2, 0.25) is 0 Å². The molecule has 0 bridgehead atoms. The lowest BCUT2D eigenvalue weighted by Gasteiger charge is -2.19. The van der Waals surface area contributed by atoms with Crippen molar-refractivity contribution in [1.82, 2.24) is 10.6 Å². The monoisotopic (exact) mass is 217 g/mol. The molecule has 0 aliphatic carbocycles. The molecule has 0 aliphatic heterocycles. The zero-order valence-corrected chi connectivity index (χ0v) is 9.42. The van der Waals surface area contributed by atoms with E-state index in [1.54, 1.807) is 20.8 Å². The highest BCUT2D eigenvalue weighted by molar-refractivity contribution is 5.71. The van der Waals surface area contributed by atoms with Crippen LogP contribution in [0.3, 0.4) is 0 Å². The largest absolute Gasteiger partial charge is 0.444 e. The van der Waals surface area contributed by atoms with Crippen molar-refractivity contribution in [2.75, 3.05) is 13.1 Å². The summed E-state index contributed by atoms with van der Waals surface area (Å²) in [5.74, 6) is 0. The van der Waals surface area contributed by atoms with Crippen molar-refractivity contribution in [2.45, 2.75) is 32.8 Å². The van der Waals surface area contributed by atoms with Gasteiger partial charge in [0.05, 0.1) is 0 Å². The molecule has 3 amide bonds. The Balaban J connectivity index is 3.44. The van der Waals surface area contributed by atoms with Gasteiger partial charge in [0, 0.05) is 13.1 Å². The molecule has 15 heavy (non-hydrogen) atoms. The maximum absolute atomic E-state index is 11.1. The fraction of sp³-hybridized carbons (Fsp3) is 0.778. The van der Waals surface area contributed by atoms with Gasteiger partial charge in [-0.15, -0.1) is 0 Å². The van der Waals surface area contributed by atoms with Gasteiger partial charge in [-0.3, -0.25) is 0 Å². The summed E-state index contributed by atoms with van der Waals surface area (Å²) >= 11 is 0. The van der Waals surface area contributed by atoms with Crippen molar-refractivity contribution in [2.24, 2.45) is 5.73 Å². The molecule has 0 aromatic carbocycles. The number of rotatable bonds is 4. The van der Waals surface area contributed by atoms with Crippen molar-refractivity contribution < 1.29 is 14.3 Å². The number of nitrogens with two attached hydrogens (primary N) is 1. The van der Waals surface area contributed by atoms with Crippen molar-refractivity contribution >= 4 is 12.1 Å². The Kier molecular flexibility index (Phi) is 5.51. The third-order valence-corrected chi connectivity index (χ3v) is 1.32. The summed E-state index contributed by atoms with van der Waals surface area (Å²) in [5.41, 5.74) is 4.37. The van der Waals surface area contributed by atoms with Crippen LogP contribution < -0.4 is 16.4 Å². The van der Waals surface area contributed by atoms with Gasteiger partial charge in [-0.1, -0.05) is 0 Å². The average molecular weight is 217 g/mol. The number of nitrogens with one attached hydrogen (secondary N) is 2. The number of hydrogen-bond acceptors (Lipinski definition) is 3. The predicted molar refractivity (Wildman–Crippen MR) is 56.4 cm³/mol. The van der Waals surface area contributed by atoms with E-state index in [9.17, 15) is 9.59 Å². The summed E-state index contributed by atoms with van der Waals surface area (Å²) in [6.45, 7) is 6.25. The molecule has 0 radical (unpaired) electrons. The van der Waals surface area contributed by atoms with E-state index in [1.165, 1.54) is 0 Å². The number of carbonyl (C=O) groups excluding carboxylic acids is 2. The van der Waals surface area contributed by atoms with Crippen LogP contribution >= 0.6 is 0 Å². The van der Waals surface area contributed by atoms with Gasteiger partial charge in [-0.2, -0.15) is 0 Å². The second-order valence-corrected chi connectivity index (χ2v) is 4.07. The van der Waals surface area contributed by atoms with E-state index in [1.807, 2.05) is 0 Å². The van der Waals surface area contributed by atoms with Crippen LogP contribution in [-0.4, -0.2) is 30.8 Å². The van der Waals surface area contributed by atoms with E-state index < -0.39 is 17.7 Å². The van der Waals surface area contributed by atoms with Crippen molar-refractivity contribution in [3.63, 3.8) is 0 Å². The number of primary amides is 1. The molecule has 6 nitrogen and oxygen atoms in total. The van der Waals surface area contributed by atoms with Gasteiger partial charge >= 0.3 is 12.1 Å². The van der Waals surface area contributed by atoms with Crippen LogP contribution in [0.4, 0.5) is 9.59 Å². The van der Waals surface area contributed by atoms with Gasteiger partial charge in [-0.25, -0.2) is 9.59 Å². The number of hydrogen-bond donors (Lipinski definition) is 3. The zero-order valence-electron chi connectivity index (χ0n) is 9.42. The Morgan fingerprint density at radius 3 is 2.20 bits per heavy atom. The predicted octanol–water partition coefficient (Wildman–Crippen LogP) is 0.570. The first-order chi connectivity index (χ1) is 6.81. The lowest BCUT2D eigenvalue weighted by molar-refractivity contribution is 0.0527. The van der Waals surface area contributed by atoms with Gasteiger partial charge in [-0.05, 0) is 27.2 Å². The number of ether oxygens (including phenoxy) is 1. The van der Waals surface area contributed by atoms with Crippen molar-refractivity contribution in [3.05, 3.63) is 0 Å². The second kappa shape index (κ2) is 6.10. The van der Waals surface area contributed by atoms with Crippen molar-refractivity contribution in [1.29, 1.82) is 0 Å². The first-order valence-corrected chi connectivity index (χ1v) is 4.81. The van der Waals surface area contributed by atoms with E-state index in [0.29, 0.717) is 19.5 Å². The van der Waals surface area contributed by atoms with E-state index in [0.717, 1.165) is 0 Å². The van der Waals surface area contributed by atoms with E-state index in [4.69, 9.17) is 10.5 Å². The summed E-state index contributed by atoms with van der Waals surface area (Å²) in [6.07, 6.45) is 0.156. The number of amides is 3. The number of alkyl carbamates (subject to hydrolysis) is 1. The molecule has 0 saturated heterocycles. The molecule has 6 heteroatoms. The van der Waals surface area contributed by atoms with E-state index in [-0.39, 0.29) is 0 Å². The Morgan fingerprint density at radius 1 is 1.20 bits per heavy atom. The summed E-state index contributed by atoms with van der Waals surface area (Å²) in [4.78, 5) is 21.4. The third kappa shape index (κ3) is 10.5. The Labute approximate surface area is 89.5 Å². The third-order valence-electron chi connectivity index (χ3n) is 1.32. The Hall–Kier alpha value is -1.46. The molecule has 4 N–H and O–H groups in total. The molecule has 0 saturated carbocycles. The summed E-state index contributed by atoms with van der Waals surface area (Å²) < 4.78 is 5.00. The van der Waals surface area contributed by atoms with Crippen LogP contribution in [-0.2, 0) is 4.74 Å². The van der Waals surface area contributed by atoms with E-state index >= 15 is 0 Å². The summed E-state index contributed by atoms with van der Waals surface area (Å²) in [7, 11) is 0. The molecule has 0 unspecified atom stereocenters. The first kappa shape index (κ1) is 13.5. The molecule has 0 rings (SSSR count). The van der Waals surface area contributed by atoms with Crippen LogP contribution in [0.1, 0.15) is 27.2 Å². The fourth-order valence-corrected chi connectivity index (χ4v) is 0.805. The number of urea groups is 1. The zero-order chi connectivity index (χ0) is 11.9. The molecule has 0 fully saturated rings. The smallest absolute Gasteiger partial charge is 0.407 e. The second-order valence-electron chi connectivity index (χ2n) is 4.07. The molecule has 0 aromatic heterocycles.